The molecule has 0 aromatic carbocycles. The fourth-order valence-corrected chi connectivity index (χ4v) is 1.25. The minimum Gasteiger partial charge on any atom is -0.481 e. The molecule has 0 unspecified atom stereocenters. The molecule has 0 aliphatic carbocycles. The van der Waals surface area contributed by atoms with Gasteiger partial charge in [-0.3, -0.25) is 14.4 Å². The average Bonchev–Trinajstić information content (AvgIpc) is 2.26. The summed E-state index contributed by atoms with van der Waals surface area (Å²) in [6.07, 6.45) is 0.246. The minimum atomic E-state index is -1.08. The third-order valence-electron chi connectivity index (χ3n) is 2.77. The highest BCUT2D eigenvalue weighted by molar-refractivity contribution is 5.86. The van der Waals surface area contributed by atoms with Gasteiger partial charge in [-0.25, -0.2) is 0 Å². The molecular formula is C12H22NO5+. The van der Waals surface area contributed by atoms with Gasteiger partial charge >= 0.3 is 17.9 Å². The zero-order chi connectivity index (χ0) is 14.2. The summed E-state index contributed by atoms with van der Waals surface area (Å²) in [7, 11) is 4.12. The Hall–Kier alpha value is -1.43. The Balaban J connectivity index is 3.78. The van der Waals surface area contributed by atoms with Gasteiger partial charge in [0.1, 0.15) is 0 Å². The second kappa shape index (κ2) is 7.81. The van der Waals surface area contributed by atoms with E-state index >= 15 is 0 Å². The van der Waals surface area contributed by atoms with Crippen LogP contribution in [-0.2, 0) is 19.1 Å². The number of carbonyl (C=O) groups excluding carboxylic acids is 2. The summed E-state index contributed by atoms with van der Waals surface area (Å²) in [6.45, 7) is 3.86. The van der Waals surface area contributed by atoms with Gasteiger partial charge in [-0.1, -0.05) is 0 Å². The van der Waals surface area contributed by atoms with Crippen molar-refractivity contribution in [3.05, 3.63) is 0 Å². The fraction of sp³-hybridized carbons (Fsp3) is 0.750. The SMILES string of the molecule is CC[N+](C)(C)CCCC(=O)OC(=O)CCC(=O)O. The van der Waals surface area contributed by atoms with Gasteiger partial charge in [0.25, 0.3) is 0 Å². The van der Waals surface area contributed by atoms with Crippen LogP contribution < -0.4 is 0 Å². The van der Waals surface area contributed by atoms with Crippen LogP contribution in [0.2, 0.25) is 0 Å². The summed E-state index contributed by atoms with van der Waals surface area (Å²) in [5.41, 5.74) is 0. The highest BCUT2D eigenvalue weighted by atomic mass is 16.6. The summed E-state index contributed by atoms with van der Waals surface area (Å²) in [6, 6.07) is 0. The average molecular weight is 260 g/mol. The van der Waals surface area contributed by atoms with Gasteiger partial charge in [-0.15, -0.1) is 0 Å². The Morgan fingerprint density at radius 2 is 1.61 bits per heavy atom. The van der Waals surface area contributed by atoms with E-state index in [2.05, 4.69) is 25.8 Å². The van der Waals surface area contributed by atoms with Crippen molar-refractivity contribution in [2.75, 3.05) is 27.2 Å². The monoisotopic (exact) mass is 260 g/mol. The van der Waals surface area contributed by atoms with Crippen molar-refractivity contribution in [1.29, 1.82) is 0 Å². The first kappa shape index (κ1) is 16.6. The number of hydrogen-bond acceptors (Lipinski definition) is 4. The third kappa shape index (κ3) is 8.69. The molecule has 0 aliphatic heterocycles. The minimum absolute atomic E-state index is 0.181. The van der Waals surface area contributed by atoms with Gasteiger partial charge in [0.2, 0.25) is 0 Å². The molecule has 0 rings (SSSR count). The summed E-state index contributed by atoms with van der Waals surface area (Å²) >= 11 is 0. The molecule has 0 aromatic heterocycles. The molecule has 0 heterocycles. The van der Waals surface area contributed by atoms with E-state index in [1.165, 1.54) is 0 Å². The van der Waals surface area contributed by atoms with Crippen LogP contribution in [-0.4, -0.2) is 54.7 Å². The van der Waals surface area contributed by atoms with E-state index in [-0.39, 0.29) is 19.3 Å². The number of carboxylic acids is 1. The Morgan fingerprint density at radius 1 is 1.06 bits per heavy atom. The Bertz CT molecular complexity index is 312. The molecule has 0 amide bonds. The first-order chi connectivity index (χ1) is 8.26. The molecule has 0 spiro atoms. The maximum absolute atomic E-state index is 11.3. The molecule has 0 saturated carbocycles. The molecular weight excluding hydrogens is 238 g/mol. The number of carbonyl (C=O) groups is 3. The van der Waals surface area contributed by atoms with Crippen molar-refractivity contribution in [1.82, 2.24) is 0 Å². The molecule has 0 fully saturated rings. The highest BCUT2D eigenvalue weighted by Gasteiger charge is 2.15. The normalized spacial score (nSPS) is 11.1. The first-order valence-corrected chi connectivity index (χ1v) is 6.04. The number of carboxylic acid groups (broad SMARTS) is 1. The molecule has 0 bridgehead atoms. The maximum Gasteiger partial charge on any atom is 0.314 e. The number of esters is 2. The zero-order valence-electron chi connectivity index (χ0n) is 11.3. The number of quaternary nitrogens is 1. The van der Waals surface area contributed by atoms with Crippen LogP contribution in [0.15, 0.2) is 0 Å². The largest absolute Gasteiger partial charge is 0.481 e. The number of ether oxygens (including phenoxy) is 1. The number of hydrogen-bond donors (Lipinski definition) is 1. The predicted molar refractivity (Wildman–Crippen MR) is 64.7 cm³/mol. The molecule has 0 radical (unpaired) electrons. The lowest BCUT2D eigenvalue weighted by Gasteiger charge is -2.27. The van der Waals surface area contributed by atoms with E-state index in [4.69, 9.17) is 5.11 Å². The van der Waals surface area contributed by atoms with Crippen LogP contribution >= 0.6 is 0 Å². The summed E-state index contributed by atoms with van der Waals surface area (Å²) < 4.78 is 5.31. The van der Waals surface area contributed by atoms with Gasteiger partial charge in [-0.2, -0.15) is 0 Å². The van der Waals surface area contributed by atoms with Gasteiger partial charge in [0.05, 0.1) is 46.4 Å². The van der Waals surface area contributed by atoms with Crippen molar-refractivity contribution in [2.24, 2.45) is 0 Å². The van der Waals surface area contributed by atoms with Crippen LogP contribution in [0.3, 0.4) is 0 Å². The van der Waals surface area contributed by atoms with E-state index in [0.29, 0.717) is 6.42 Å². The van der Waals surface area contributed by atoms with Crippen molar-refractivity contribution in [2.45, 2.75) is 32.6 Å². The topological polar surface area (TPSA) is 80.7 Å². The van der Waals surface area contributed by atoms with Crippen LogP contribution in [0.25, 0.3) is 0 Å². The molecule has 6 heteroatoms. The number of nitrogens with zero attached hydrogens (tertiary/aromatic N) is 1. The third-order valence-corrected chi connectivity index (χ3v) is 2.77. The van der Waals surface area contributed by atoms with Crippen molar-refractivity contribution >= 4 is 17.9 Å². The van der Waals surface area contributed by atoms with Gasteiger partial charge in [0, 0.05) is 6.42 Å². The second-order valence-corrected chi connectivity index (χ2v) is 4.82. The summed E-state index contributed by atoms with van der Waals surface area (Å²) in [4.78, 5) is 32.5. The first-order valence-electron chi connectivity index (χ1n) is 6.04. The smallest absolute Gasteiger partial charge is 0.314 e. The fourth-order valence-electron chi connectivity index (χ4n) is 1.25. The Kier molecular flexibility index (Phi) is 7.19. The van der Waals surface area contributed by atoms with E-state index in [9.17, 15) is 14.4 Å². The molecule has 6 nitrogen and oxygen atoms in total. The van der Waals surface area contributed by atoms with E-state index < -0.39 is 17.9 Å². The van der Waals surface area contributed by atoms with Gasteiger partial charge < -0.3 is 14.3 Å². The van der Waals surface area contributed by atoms with Gasteiger partial charge in [-0.05, 0) is 6.92 Å². The Labute approximate surface area is 107 Å². The lowest BCUT2D eigenvalue weighted by atomic mass is 10.2. The highest BCUT2D eigenvalue weighted by Crippen LogP contribution is 2.03. The van der Waals surface area contributed by atoms with Crippen LogP contribution in [0.4, 0.5) is 0 Å². The molecule has 0 atom stereocenters. The summed E-state index contributed by atoms with van der Waals surface area (Å²) in [5.74, 6) is -2.44. The molecule has 18 heavy (non-hydrogen) atoms. The number of aliphatic carboxylic acids is 1. The molecule has 1 N–H and O–H groups in total. The lowest BCUT2D eigenvalue weighted by Crippen LogP contribution is -2.40. The van der Waals surface area contributed by atoms with E-state index in [0.717, 1.165) is 17.6 Å². The van der Waals surface area contributed by atoms with Gasteiger partial charge in [0.15, 0.2) is 0 Å². The molecule has 0 aliphatic rings. The van der Waals surface area contributed by atoms with Crippen LogP contribution in [0, 0.1) is 0 Å². The molecule has 0 saturated heterocycles. The van der Waals surface area contributed by atoms with Crippen LogP contribution in [0.5, 0.6) is 0 Å². The maximum atomic E-state index is 11.3. The van der Waals surface area contributed by atoms with Crippen molar-refractivity contribution in [3.63, 3.8) is 0 Å². The van der Waals surface area contributed by atoms with Crippen molar-refractivity contribution in [3.8, 4) is 0 Å². The van der Waals surface area contributed by atoms with Crippen molar-refractivity contribution < 1.29 is 28.7 Å². The second-order valence-electron chi connectivity index (χ2n) is 4.82. The Morgan fingerprint density at radius 3 is 2.11 bits per heavy atom. The zero-order valence-corrected chi connectivity index (χ0v) is 11.3. The molecule has 0 aromatic rings. The number of rotatable bonds is 8. The standard InChI is InChI=1S/C12H21NO5/c1-4-13(2,3)9-5-6-11(16)18-12(17)8-7-10(14)15/h4-9H2,1-3H3/p+1. The van der Waals surface area contributed by atoms with Crippen LogP contribution in [0.1, 0.15) is 32.6 Å². The molecule has 104 valence electrons. The summed E-state index contributed by atoms with van der Waals surface area (Å²) in [5, 5.41) is 8.36. The predicted octanol–water partition coefficient (Wildman–Crippen LogP) is 0.797. The van der Waals surface area contributed by atoms with E-state index in [1.54, 1.807) is 0 Å². The lowest BCUT2D eigenvalue weighted by molar-refractivity contribution is -0.888. The quantitative estimate of drug-likeness (QED) is 0.396. The van der Waals surface area contributed by atoms with E-state index in [1.807, 2.05) is 0 Å².